The van der Waals surface area contributed by atoms with Gasteiger partial charge in [0.25, 0.3) is 0 Å². The average molecular weight is 225 g/mol. The molecule has 2 fully saturated rings. The zero-order valence-electron chi connectivity index (χ0n) is 10.2. The molecule has 1 aliphatic carbocycles. The number of hydrogen-bond acceptors (Lipinski definition) is 3. The number of likely N-dealkylation sites (N-methyl/N-ethyl adjacent to an activating group) is 1. The highest BCUT2D eigenvalue weighted by Gasteiger charge is 2.29. The molecule has 0 aromatic carbocycles. The molecule has 0 unspecified atom stereocenters. The van der Waals surface area contributed by atoms with Gasteiger partial charge in [-0.15, -0.1) is 0 Å². The molecular formula is C12H23N3O. The van der Waals surface area contributed by atoms with E-state index in [1.807, 2.05) is 4.90 Å². The monoisotopic (exact) mass is 225 g/mol. The lowest BCUT2D eigenvalue weighted by Gasteiger charge is -2.36. The van der Waals surface area contributed by atoms with Crippen molar-refractivity contribution in [1.82, 2.24) is 9.80 Å². The Bertz CT molecular complexity index is 217. The van der Waals surface area contributed by atoms with Gasteiger partial charge in [0.15, 0.2) is 0 Å². The molecule has 2 N–H and O–H groups in total. The molecule has 2 rings (SSSR count). The highest BCUT2D eigenvalue weighted by molar-refractivity contribution is 5.79. The minimum Gasteiger partial charge on any atom is -0.340 e. The topological polar surface area (TPSA) is 49.6 Å². The largest absolute Gasteiger partial charge is 0.340 e. The summed E-state index contributed by atoms with van der Waals surface area (Å²) in [6, 6.07) is 0.330. The average Bonchev–Trinajstić information content (AvgIpc) is 2.30. The Morgan fingerprint density at radius 1 is 1.06 bits per heavy atom. The number of carbonyl (C=O) groups is 1. The second kappa shape index (κ2) is 5.15. The molecule has 2 aliphatic rings. The van der Waals surface area contributed by atoms with Gasteiger partial charge in [-0.05, 0) is 32.7 Å². The zero-order chi connectivity index (χ0) is 11.5. The minimum absolute atomic E-state index is 0.253. The highest BCUT2D eigenvalue weighted by atomic mass is 16.2. The fraction of sp³-hybridized carbons (Fsp3) is 0.917. The van der Waals surface area contributed by atoms with Gasteiger partial charge in [0, 0.05) is 38.1 Å². The molecule has 0 bridgehead atoms. The molecule has 1 saturated carbocycles. The summed E-state index contributed by atoms with van der Waals surface area (Å²) in [6.45, 7) is 3.83. The van der Waals surface area contributed by atoms with Crippen molar-refractivity contribution < 1.29 is 4.79 Å². The highest BCUT2D eigenvalue weighted by Crippen LogP contribution is 2.25. The first-order valence-electron chi connectivity index (χ1n) is 6.39. The van der Waals surface area contributed by atoms with E-state index in [1.165, 1.54) is 0 Å². The van der Waals surface area contributed by atoms with Crippen molar-refractivity contribution in [3.05, 3.63) is 0 Å². The number of rotatable bonds is 1. The van der Waals surface area contributed by atoms with Crippen molar-refractivity contribution in [2.24, 2.45) is 11.7 Å². The van der Waals surface area contributed by atoms with Crippen LogP contribution in [0.25, 0.3) is 0 Å². The molecule has 0 aromatic heterocycles. The predicted molar refractivity (Wildman–Crippen MR) is 64.0 cm³/mol. The first-order valence-corrected chi connectivity index (χ1v) is 6.39. The van der Waals surface area contributed by atoms with E-state index in [0.717, 1.165) is 51.9 Å². The fourth-order valence-electron chi connectivity index (χ4n) is 2.65. The maximum absolute atomic E-state index is 12.2. The van der Waals surface area contributed by atoms with Gasteiger partial charge in [-0.2, -0.15) is 0 Å². The van der Waals surface area contributed by atoms with Crippen LogP contribution in [0.4, 0.5) is 0 Å². The van der Waals surface area contributed by atoms with Crippen molar-refractivity contribution in [2.45, 2.75) is 31.7 Å². The van der Waals surface area contributed by atoms with Crippen LogP contribution in [0.15, 0.2) is 0 Å². The van der Waals surface area contributed by atoms with Crippen molar-refractivity contribution in [3.8, 4) is 0 Å². The summed E-state index contributed by atoms with van der Waals surface area (Å²) in [5.74, 6) is 0.628. The maximum Gasteiger partial charge on any atom is 0.225 e. The number of hydrogen-bond donors (Lipinski definition) is 1. The molecule has 0 radical (unpaired) electrons. The van der Waals surface area contributed by atoms with E-state index in [2.05, 4.69) is 11.9 Å². The minimum atomic E-state index is 0.253. The van der Waals surface area contributed by atoms with Gasteiger partial charge in [0.1, 0.15) is 0 Å². The van der Waals surface area contributed by atoms with Crippen LogP contribution >= 0.6 is 0 Å². The summed E-state index contributed by atoms with van der Waals surface area (Å²) in [5.41, 5.74) is 5.86. The number of nitrogens with two attached hydrogens (primary N) is 1. The van der Waals surface area contributed by atoms with Crippen LogP contribution in [-0.4, -0.2) is 55.0 Å². The van der Waals surface area contributed by atoms with Gasteiger partial charge in [-0.3, -0.25) is 4.79 Å². The smallest absolute Gasteiger partial charge is 0.225 e. The van der Waals surface area contributed by atoms with Crippen molar-refractivity contribution in [2.75, 3.05) is 33.2 Å². The van der Waals surface area contributed by atoms with Crippen LogP contribution in [0.3, 0.4) is 0 Å². The molecule has 92 valence electrons. The standard InChI is InChI=1S/C12H23N3O/c1-14-6-8-15(9-7-14)12(16)10-2-4-11(13)5-3-10/h10-11H,2-9,13H2,1H3/t10-,11-. The Balaban J connectivity index is 1.83. The molecule has 1 amide bonds. The zero-order valence-corrected chi connectivity index (χ0v) is 10.2. The third-order valence-corrected chi connectivity index (χ3v) is 3.94. The van der Waals surface area contributed by atoms with Crippen molar-refractivity contribution >= 4 is 5.91 Å². The van der Waals surface area contributed by atoms with Crippen LogP contribution in [0.2, 0.25) is 0 Å². The van der Waals surface area contributed by atoms with Gasteiger partial charge in [-0.1, -0.05) is 0 Å². The number of nitrogens with zero attached hydrogens (tertiary/aromatic N) is 2. The Morgan fingerprint density at radius 3 is 2.19 bits per heavy atom. The molecule has 1 heterocycles. The van der Waals surface area contributed by atoms with Gasteiger partial charge in [-0.25, -0.2) is 0 Å². The molecule has 4 heteroatoms. The molecule has 0 atom stereocenters. The Labute approximate surface area is 97.8 Å². The van der Waals surface area contributed by atoms with Crippen LogP contribution in [0, 0.1) is 5.92 Å². The van der Waals surface area contributed by atoms with E-state index in [-0.39, 0.29) is 5.92 Å². The molecule has 1 aliphatic heterocycles. The number of carbonyl (C=O) groups excluding carboxylic acids is 1. The lowest BCUT2D eigenvalue weighted by atomic mass is 9.85. The lowest BCUT2D eigenvalue weighted by molar-refractivity contribution is -0.138. The third kappa shape index (κ3) is 2.74. The summed E-state index contributed by atoms with van der Waals surface area (Å²) >= 11 is 0. The number of amides is 1. The first kappa shape index (κ1) is 11.9. The number of piperazine rings is 1. The van der Waals surface area contributed by atoms with E-state index >= 15 is 0 Å². The third-order valence-electron chi connectivity index (χ3n) is 3.94. The Kier molecular flexibility index (Phi) is 3.82. The quantitative estimate of drug-likeness (QED) is 0.697. The fourth-order valence-corrected chi connectivity index (χ4v) is 2.65. The molecular weight excluding hydrogens is 202 g/mol. The maximum atomic E-state index is 12.2. The molecule has 0 aromatic rings. The Morgan fingerprint density at radius 2 is 1.62 bits per heavy atom. The summed E-state index contributed by atoms with van der Waals surface area (Å²) < 4.78 is 0. The first-order chi connectivity index (χ1) is 7.66. The van der Waals surface area contributed by atoms with Crippen molar-refractivity contribution in [3.63, 3.8) is 0 Å². The van der Waals surface area contributed by atoms with Gasteiger partial charge in [0.2, 0.25) is 5.91 Å². The van der Waals surface area contributed by atoms with Gasteiger partial charge in [0.05, 0.1) is 0 Å². The van der Waals surface area contributed by atoms with Crippen LogP contribution in [-0.2, 0) is 4.79 Å². The van der Waals surface area contributed by atoms with E-state index in [4.69, 9.17) is 5.73 Å². The lowest BCUT2D eigenvalue weighted by Crippen LogP contribution is -2.49. The molecule has 4 nitrogen and oxygen atoms in total. The summed E-state index contributed by atoms with van der Waals surface area (Å²) in [4.78, 5) is 16.6. The van der Waals surface area contributed by atoms with E-state index in [9.17, 15) is 4.79 Å². The van der Waals surface area contributed by atoms with Crippen LogP contribution in [0.1, 0.15) is 25.7 Å². The summed E-state index contributed by atoms with van der Waals surface area (Å²) in [7, 11) is 2.11. The van der Waals surface area contributed by atoms with Crippen molar-refractivity contribution in [1.29, 1.82) is 0 Å². The van der Waals surface area contributed by atoms with E-state index in [1.54, 1.807) is 0 Å². The normalized spacial score (nSPS) is 32.8. The summed E-state index contributed by atoms with van der Waals surface area (Å²) in [5, 5.41) is 0. The SMILES string of the molecule is CN1CCN(C(=O)[C@H]2CC[C@H](N)CC2)CC1. The molecule has 16 heavy (non-hydrogen) atoms. The molecule has 1 saturated heterocycles. The second-order valence-corrected chi connectivity index (χ2v) is 5.24. The van der Waals surface area contributed by atoms with Gasteiger partial charge < -0.3 is 15.5 Å². The van der Waals surface area contributed by atoms with Crippen LogP contribution < -0.4 is 5.73 Å². The predicted octanol–water partition coefficient (Wildman–Crippen LogP) is 0.278. The molecule has 0 spiro atoms. The summed E-state index contributed by atoms with van der Waals surface area (Å²) in [6.07, 6.45) is 4.02. The van der Waals surface area contributed by atoms with E-state index in [0.29, 0.717) is 11.9 Å². The van der Waals surface area contributed by atoms with E-state index < -0.39 is 0 Å². The van der Waals surface area contributed by atoms with Crippen LogP contribution in [0.5, 0.6) is 0 Å². The second-order valence-electron chi connectivity index (χ2n) is 5.24. The van der Waals surface area contributed by atoms with Gasteiger partial charge >= 0.3 is 0 Å². The Hall–Kier alpha value is -0.610.